The van der Waals surface area contributed by atoms with Gasteiger partial charge in [0.1, 0.15) is 5.01 Å². The van der Waals surface area contributed by atoms with Crippen LogP contribution in [-0.4, -0.2) is 13.4 Å². The fourth-order valence-corrected chi connectivity index (χ4v) is 5.44. The molecule has 0 fully saturated rings. The van der Waals surface area contributed by atoms with Crippen molar-refractivity contribution in [2.45, 2.75) is 24.8 Å². The molecule has 0 radical (unpaired) electrons. The van der Waals surface area contributed by atoms with Crippen molar-refractivity contribution in [1.29, 1.82) is 0 Å². The van der Waals surface area contributed by atoms with E-state index >= 15 is 0 Å². The van der Waals surface area contributed by atoms with Gasteiger partial charge >= 0.3 is 0 Å². The van der Waals surface area contributed by atoms with E-state index in [0.29, 0.717) is 4.47 Å². The minimum Gasteiger partial charge on any atom is -0.245 e. The second-order valence-corrected chi connectivity index (χ2v) is 8.59. The molecule has 1 atom stereocenters. The molecule has 20 heavy (non-hydrogen) atoms. The van der Waals surface area contributed by atoms with Gasteiger partial charge in [0, 0.05) is 20.0 Å². The number of aryl methyl sites for hydroxylation is 1. The van der Waals surface area contributed by atoms with Crippen LogP contribution < -0.4 is 4.72 Å². The largest absolute Gasteiger partial charge is 0.245 e. The Kier molecular flexibility index (Phi) is 5.01. The Hall–Kier alpha value is -0.280. The van der Waals surface area contributed by atoms with Crippen LogP contribution in [0.4, 0.5) is 0 Å². The molecule has 0 aliphatic heterocycles. The van der Waals surface area contributed by atoms with Crippen LogP contribution in [-0.2, 0) is 10.0 Å². The number of halogens is 2. The molecular weight excluding hydrogens is 428 g/mol. The van der Waals surface area contributed by atoms with Gasteiger partial charge in [-0.25, -0.2) is 18.1 Å². The van der Waals surface area contributed by atoms with Crippen LogP contribution in [0, 0.1) is 6.92 Å². The molecule has 8 heteroatoms. The topological polar surface area (TPSA) is 59.1 Å². The number of nitrogens with zero attached hydrogens (tertiary/aromatic N) is 1. The van der Waals surface area contributed by atoms with Gasteiger partial charge in [0.25, 0.3) is 0 Å². The maximum atomic E-state index is 12.4. The number of hydrogen-bond acceptors (Lipinski definition) is 4. The van der Waals surface area contributed by atoms with E-state index in [1.807, 2.05) is 12.3 Å². The molecule has 1 aromatic carbocycles. The molecule has 4 nitrogen and oxygen atoms in total. The standard InChI is InChI=1S/C12H12Br2N2O2S2/c1-7-6-19-12(15-7)8(2)16-20(17,18)11-4-3-9(13)5-10(11)14/h3-6,8,16H,1-2H3. The molecule has 0 aliphatic carbocycles. The second-order valence-electron chi connectivity index (χ2n) is 4.24. The van der Waals surface area contributed by atoms with Crippen molar-refractivity contribution in [2.24, 2.45) is 0 Å². The first kappa shape index (κ1) is 16.1. The summed E-state index contributed by atoms with van der Waals surface area (Å²) >= 11 is 8.01. The Labute approximate surface area is 138 Å². The lowest BCUT2D eigenvalue weighted by Gasteiger charge is -2.13. The summed E-state index contributed by atoms with van der Waals surface area (Å²) in [7, 11) is -3.60. The quantitative estimate of drug-likeness (QED) is 0.782. The highest BCUT2D eigenvalue weighted by atomic mass is 79.9. The Balaban J connectivity index is 2.27. The molecule has 108 valence electrons. The van der Waals surface area contributed by atoms with Gasteiger partial charge in [-0.1, -0.05) is 15.9 Å². The second kappa shape index (κ2) is 6.23. The lowest BCUT2D eigenvalue weighted by molar-refractivity contribution is 0.565. The molecule has 0 aliphatic rings. The van der Waals surface area contributed by atoms with Crippen molar-refractivity contribution < 1.29 is 8.42 Å². The predicted octanol–water partition coefficient (Wildman–Crippen LogP) is 4.02. The monoisotopic (exact) mass is 438 g/mol. The molecule has 2 rings (SSSR count). The maximum absolute atomic E-state index is 12.4. The zero-order chi connectivity index (χ0) is 14.9. The number of aromatic nitrogens is 1. The summed E-state index contributed by atoms with van der Waals surface area (Å²) in [5, 5.41) is 2.65. The van der Waals surface area contributed by atoms with Crippen LogP contribution in [0.3, 0.4) is 0 Å². The highest BCUT2D eigenvalue weighted by Gasteiger charge is 2.22. The average Bonchev–Trinajstić information content (AvgIpc) is 2.74. The van der Waals surface area contributed by atoms with E-state index in [1.165, 1.54) is 11.3 Å². The molecule has 1 heterocycles. The zero-order valence-corrected chi connectivity index (χ0v) is 15.5. The van der Waals surface area contributed by atoms with E-state index in [4.69, 9.17) is 0 Å². The maximum Gasteiger partial charge on any atom is 0.242 e. The average molecular weight is 440 g/mol. The number of benzene rings is 1. The summed E-state index contributed by atoms with van der Waals surface area (Å²) in [5.74, 6) is 0. The van der Waals surface area contributed by atoms with Gasteiger partial charge in [0.15, 0.2) is 0 Å². The van der Waals surface area contributed by atoms with E-state index in [9.17, 15) is 8.42 Å². The van der Waals surface area contributed by atoms with Gasteiger partial charge in [-0.05, 0) is 48.0 Å². The summed E-state index contributed by atoms with van der Waals surface area (Å²) < 4.78 is 28.7. The van der Waals surface area contributed by atoms with Crippen LogP contribution in [0.25, 0.3) is 0 Å². The van der Waals surface area contributed by atoms with E-state index in [0.717, 1.165) is 15.2 Å². The minimum atomic E-state index is -3.60. The molecule has 0 spiro atoms. The number of thiazole rings is 1. The first-order chi connectivity index (χ1) is 9.29. The van der Waals surface area contributed by atoms with E-state index in [2.05, 4.69) is 41.6 Å². The van der Waals surface area contributed by atoms with Crippen molar-refractivity contribution in [1.82, 2.24) is 9.71 Å². The Morgan fingerprint density at radius 2 is 2.05 bits per heavy atom. The zero-order valence-electron chi connectivity index (χ0n) is 10.7. The normalized spacial score (nSPS) is 13.4. The van der Waals surface area contributed by atoms with Crippen molar-refractivity contribution in [3.05, 3.63) is 43.2 Å². The van der Waals surface area contributed by atoms with Crippen LogP contribution in [0.2, 0.25) is 0 Å². The summed E-state index contributed by atoms with van der Waals surface area (Å²) in [6.07, 6.45) is 0. The number of rotatable bonds is 4. The van der Waals surface area contributed by atoms with E-state index in [1.54, 1.807) is 25.1 Å². The van der Waals surface area contributed by atoms with Gasteiger partial charge in [-0.3, -0.25) is 0 Å². The smallest absolute Gasteiger partial charge is 0.242 e. The van der Waals surface area contributed by atoms with Crippen LogP contribution in [0.1, 0.15) is 23.7 Å². The first-order valence-corrected chi connectivity index (χ1v) is 9.64. The Morgan fingerprint density at radius 1 is 1.35 bits per heavy atom. The van der Waals surface area contributed by atoms with Crippen LogP contribution >= 0.6 is 43.2 Å². The highest BCUT2D eigenvalue weighted by molar-refractivity contribution is 9.11. The van der Waals surface area contributed by atoms with Crippen molar-refractivity contribution in [3.8, 4) is 0 Å². The van der Waals surface area contributed by atoms with Gasteiger partial charge in [-0.15, -0.1) is 11.3 Å². The lowest BCUT2D eigenvalue weighted by Crippen LogP contribution is -2.27. The van der Waals surface area contributed by atoms with Gasteiger partial charge in [0.2, 0.25) is 10.0 Å². The Morgan fingerprint density at radius 3 is 2.60 bits per heavy atom. The van der Waals surface area contributed by atoms with Gasteiger partial charge in [0.05, 0.1) is 10.9 Å². The fraction of sp³-hybridized carbons (Fsp3) is 0.250. The van der Waals surface area contributed by atoms with Gasteiger partial charge < -0.3 is 0 Å². The summed E-state index contributed by atoms with van der Waals surface area (Å²) in [6.45, 7) is 3.66. The molecule has 0 saturated heterocycles. The third kappa shape index (κ3) is 3.67. The summed E-state index contributed by atoms with van der Waals surface area (Å²) in [6, 6.07) is 4.58. The molecular formula is C12H12Br2N2O2S2. The molecule has 1 N–H and O–H groups in total. The van der Waals surface area contributed by atoms with Gasteiger partial charge in [-0.2, -0.15) is 0 Å². The minimum absolute atomic E-state index is 0.209. The van der Waals surface area contributed by atoms with E-state index < -0.39 is 10.0 Å². The number of hydrogen-bond donors (Lipinski definition) is 1. The molecule has 0 amide bonds. The Bertz CT molecular complexity index is 729. The lowest BCUT2D eigenvalue weighted by atomic mass is 10.4. The highest BCUT2D eigenvalue weighted by Crippen LogP contribution is 2.27. The van der Waals surface area contributed by atoms with Crippen LogP contribution in [0.5, 0.6) is 0 Å². The molecule has 0 bridgehead atoms. The third-order valence-electron chi connectivity index (χ3n) is 2.52. The SMILES string of the molecule is Cc1csc(C(C)NS(=O)(=O)c2ccc(Br)cc2Br)n1. The summed E-state index contributed by atoms with van der Waals surface area (Å²) in [5.41, 5.74) is 0.890. The van der Waals surface area contributed by atoms with Crippen molar-refractivity contribution in [2.75, 3.05) is 0 Å². The van der Waals surface area contributed by atoms with Crippen molar-refractivity contribution in [3.63, 3.8) is 0 Å². The molecule has 1 aromatic heterocycles. The van der Waals surface area contributed by atoms with Crippen LogP contribution in [0.15, 0.2) is 37.4 Å². The first-order valence-electron chi connectivity index (χ1n) is 5.69. The molecule has 1 unspecified atom stereocenters. The van der Waals surface area contributed by atoms with E-state index in [-0.39, 0.29) is 10.9 Å². The molecule has 0 saturated carbocycles. The third-order valence-corrected chi connectivity index (χ3v) is 6.68. The molecule has 2 aromatic rings. The number of nitrogens with one attached hydrogen (secondary N) is 1. The predicted molar refractivity (Wildman–Crippen MR) is 87.4 cm³/mol. The number of sulfonamides is 1. The summed E-state index contributed by atoms with van der Waals surface area (Å²) in [4.78, 5) is 4.51. The fourth-order valence-electron chi connectivity index (χ4n) is 1.61. The van der Waals surface area contributed by atoms with Crippen molar-refractivity contribution >= 4 is 53.2 Å².